The van der Waals surface area contributed by atoms with Gasteiger partial charge in [-0.2, -0.15) is 8.78 Å². The molecular weight excluding hydrogens is 508 g/mol. The van der Waals surface area contributed by atoms with Crippen molar-refractivity contribution in [3.05, 3.63) is 33.6 Å². The summed E-state index contributed by atoms with van der Waals surface area (Å²) < 4.78 is 39.4. The summed E-state index contributed by atoms with van der Waals surface area (Å²) in [5.74, 6) is -6.67. The Morgan fingerprint density at radius 1 is 1.48 bits per heavy atom. The van der Waals surface area contributed by atoms with E-state index in [-0.39, 0.29) is 50.5 Å². The molecule has 2 N–H and O–H groups in total. The van der Waals surface area contributed by atoms with Gasteiger partial charge in [0.2, 0.25) is 0 Å². The first-order valence-electron chi connectivity index (χ1n) is 5.44. The van der Waals surface area contributed by atoms with Crippen molar-refractivity contribution in [2.45, 2.75) is 19.3 Å². The van der Waals surface area contributed by atoms with Crippen molar-refractivity contribution in [1.29, 1.82) is 0 Å². The van der Waals surface area contributed by atoms with E-state index in [4.69, 9.17) is 5.11 Å². The number of carbonyl (C=O) groups excluding carboxylic acids is 1. The van der Waals surface area contributed by atoms with Crippen LogP contribution in [-0.2, 0) is 11.2 Å². The molecule has 0 spiro atoms. The molecule has 113 valence electrons. The van der Waals surface area contributed by atoms with Crippen LogP contribution >= 0.6 is 0 Å². The van der Waals surface area contributed by atoms with Crippen molar-refractivity contribution in [2.24, 2.45) is 0 Å². The largest absolute Gasteiger partial charge is 0.396 e. The minimum Gasteiger partial charge on any atom is -0.396 e. The molecule has 0 heterocycles. The van der Waals surface area contributed by atoms with Crippen LogP contribution in [0, 0.1) is 60.0 Å². The Hall–Kier alpha value is -0.718. The second-order valence-electron chi connectivity index (χ2n) is 4.00. The summed E-state index contributed by atoms with van der Waals surface area (Å²) in [7, 11) is 0. The number of halogens is 3. The summed E-state index contributed by atoms with van der Waals surface area (Å²) in [5.41, 5.74) is -1.67. The number of nitrogens with zero attached hydrogens (tertiary/aromatic N) is 1. The van der Waals surface area contributed by atoms with Gasteiger partial charge in [0.1, 0.15) is 0 Å². The fourth-order valence-corrected chi connectivity index (χ4v) is 1.46. The molecule has 1 amide bonds. The van der Waals surface area contributed by atoms with Gasteiger partial charge in [-0.1, -0.05) is 0 Å². The fourth-order valence-electron chi connectivity index (χ4n) is 1.46. The minimum absolute atomic E-state index is 0. The summed E-state index contributed by atoms with van der Waals surface area (Å²) >= 11 is 0. The van der Waals surface area contributed by atoms with Crippen LogP contribution in [0.15, 0.2) is 12.1 Å². The predicted octanol–water partition coefficient (Wildman–Crippen LogP) is 1.86. The van der Waals surface area contributed by atoms with Crippen LogP contribution in [-0.4, -0.2) is 28.5 Å². The Bertz CT molecular complexity index is 549. The zero-order valence-corrected chi connectivity index (χ0v) is 15.6. The molecule has 10 heteroatoms. The molecule has 0 aromatic heterocycles. The Morgan fingerprint density at radius 3 is 2.48 bits per heavy atom. The normalized spacial score (nSPS) is 10.7. The number of carbonyl (C=O) groups is 1. The van der Waals surface area contributed by atoms with E-state index >= 15 is 0 Å². The number of benzene rings is 1. The van der Waals surface area contributed by atoms with Crippen LogP contribution in [0.4, 0.5) is 24.5 Å². The molecule has 0 unspecified atom stereocenters. The van der Waals surface area contributed by atoms with Crippen LogP contribution in [0.3, 0.4) is 0 Å². The molecule has 21 heavy (non-hydrogen) atoms. The van der Waals surface area contributed by atoms with Gasteiger partial charge in [-0.25, -0.2) is 4.39 Å². The number of rotatable bonds is 5. The van der Waals surface area contributed by atoms with E-state index in [9.17, 15) is 28.1 Å². The summed E-state index contributed by atoms with van der Waals surface area (Å²) in [6.07, 6.45) is -0.381. The topological polar surface area (TPSA) is 92.5 Å². The standard InChI is InChI=1S/C11H11F3N2O4.Ac/c1-11(13,14)10(18)15-7-2-3-8(16(19)20)6(4-5-17)9(7)12;/h2-3,17H,4-5H2,1H3,(H,15,18);. The molecule has 0 bridgehead atoms. The molecule has 0 aliphatic heterocycles. The molecule has 6 nitrogen and oxygen atoms in total. The average Bonchev–Trinajstić information content (AvgIpc) is 2.32. The van der Waals surface area contributed by atoms with Crippen molar-refractivity contribution in [3.8, 4) is 0 Å². The number of nitro benzene ring substituents is 1. The molecule has 0 atom stereocenters. The first-order valence-corrected chi connectivity index (χ1v) is 5.44. The predicted molar refractivity (Wildman–Crippen MR) is 63.1 cm³/mol. The van der Waals surface area contributed by atoms with Crippen LogP contribution in [0.5, 0.6) is 0 Å². The van der Waals surface area contributed by atoms with E-state index in [1.54, 1.807) is 5.32 Å². The van der Waals surface area contributed by atoms with Gasteiger partial charge < -0.3 is 10.4 Å². The van der Waals surface area contributed by atoms with E-state index in [2.05, 4.69) is 0 Å². The van der Waals surface area contributed by atoms with E-state index in [0.717, 1.165) is 12.1 Å². The number of anilines is 1. The van der Waals surface area contributed by atoms with Crippen LogP contribution < -0.4 is 5.32 Å². The smallest absolute Gasteiger partial charge is 0.322 e. The number of alkyl halides is 2. The van der Waals surface area contributed by atoms with Gasteiger partial charge >= 0.3 is 5.92 Å². The number of hydrogen-bond acceptors (Lipinski definition) is 4. The van der Waals surface area contributed by atoms with Crippen molar-refractivity contribution >= 4 is 17.3 Å². The first kappa shape index (κ1) is 20.3. The van der Waals surface area contributed by atoms with E-state index in [1.165, 1.54) is 0 Å². The van der Waals surface area contributed by atoms with E-state index in [1.807, 2.05) is 0 Å². The number of amides is 1. The summed E-state index contributed by atoms with van der Waals surface area (Å²) in [4.78, 5) is 20.9. The van der Waals surface area contributed by atoms with Gasteiger partial charge in [-0.05, 0) is 6.07 Å². The Kier molecular flexibility index (Phi) is 7.78. The summed E-state index contributed by atoms with van der Waals surface area (Å²) in [5, 5.41) is 21.1. The molecule has 0 saturated heterocycles. The third-order valence-corrected chi connectivity index (χ3v) is 2.42. The Labute approximate surface area is 153 Å². The maximum Gasteiger partial charge on any atom is 0.322 e. The zero-order valence-electron chi connectivity index (χ0n) is 10.9. The maximum atomic E-state index is 14.0. The van der Waals surface area contributed by atoms with Gasteiger partial charge in [-0.15, -0.1) is 0 Å². The molecule has 1 radical (unpaired) electrons. The second-order valence-corrected chi connectivity index (χ2v) is 4.00. The average molecular weight is 519 g/mol. The van der Waals surface area contributed by atoms with Crippen molar-refractivity contribution < 1.29 is 72.1 Å². The number of hydrogen-bond donors (Lipinski definition) is 2. The Balaban J connectivity index is 0.00000400. The van der Waals surface area contributed by atoms with Gasteiger partial charge in [0.25, 0.3) is 11.6 Å². The minimum atomic E-state index is -3.72. The molecule has 0 aliphatic carbocycles. The molecule has 0 fully saturated rings. The number of nitrogens with one attached hydrogen (secondary N) is 1. The van der Waals surface area contributed by atoms with Gasteiger partial charge in [0.05, 0.1) is 16.2 Å². The van der Waals surface area contributed by atoms with E-state index in [0.29, 0.717) is 6.92 Å². The second kappa shape index (κ2) is 8.06. The molecule has 0 saturated carbocycles. The Morgan fingerprint density at radius 2 is 2.05 bits per heavy atom. The molecule has 1 aromatic carbocycles. The van der Waals surface area contributed by atoms with Gasteiger partial charge in [0, 0.05) is 70.1 Å². The summed E-state index contributed by atoms with van der Waals surface area (Å²) in [6, 6.07) is 1.69. The molecule has 0 aliphatic rings. The van der Waals surface area contributed by atoms with Crippen LogP contribution in [0.2, 0.25) is 0 Å². The van der Waals surface area contributed by atoms with Gasteiger partial charge in [0.15, 0.2) is 5.82 Å². The zero-order chi connectivity index (χ0) is 15.5. The molecule has 1 aromatic rings. The van der Waals surface area contributed by atoms with Crippen LogP contribution in [0.1, 0.15) is 12.5 Å². The van der Waals surface area contributed by atoms with Crippen molar-refractivity contribution in [1.82, 2.24) is 0 Å². The number of nitro groups is 1. The first-order chi connectivity index (χ1) is 9.18. The fraction of sp³-hybridized carbons (Fsp3) is 0.364. The maximum absolute atomic E-state index is 14.0. The van der Waals surface area contributed by atoms with Crippen LogP contribution in [0.25, 0.3) is 0 Å². The third-order valence-electron chi connectivity index (χ3n) is 2.42. The SMILES string of the molecule is CC(F)(F)C(=O)Nc1ccc([N+](=O)[O-])c(CCO)c1F.[Ac]. The molecule has 1 rings (SSSR count). The quantitative estimate of drug-likeness (QED) is 0.459. The number of aliphatic hydroxyl groups excluding tert-OH is 1. The monoisotopic (exact) mass is 519 g/mol. The number of aliphatic hydroxyl groups is 1. The molecular formula is C11H11AcF3N2O4. The third kappa shape index (κ3) is 5.20. The van der Waals surface area contributed by atoms with Crippen molar-refractivity contribution in [2.75, 3.05) is 11.9 Å². The summed E-state index contributed by atoms with van der Waals surface area (Å²) in [6.45, 7) is -0.237. The van der Waals surface area contributed by atoms with Gasteiger partial charge in [-0.3, -0.25) is 14.9 Å². The van der Waals surface area contributed by atoms with E-state index < -0.39 is 46.1 Å². The van der Waals surface area contributed by atoms with Crippen molar-refractivity contribution in [3.63, 3.8) is 0 Å².